The number of ether oxygens (including phenoxy) is 1. The van der Waals surface area contributed by atoms with Gasteiger partial charge in [-0.25, -0.2) is 0 Å². The summed E-state index contributed by atoms with van der Waals surface area (Å²) in [6.07, 6.45) is 1.38. The van der Waals surface area contributed by atoms with Crippen molar-refractivity contribution in [3.8, 4) is 5.75 Å². The molecule has 0 amide bonds. The highest BCUT2D eigenvalue weighted by Gasteiger charge is 2.29. The Bertz CT molecular complexity index is 447. The van der Waals surface area contributed by atoms with E-state index in [0.29, 0.717) is 12.2 Å². The molecule has 4 heteroatoms. The summed E-state index contributed by atoms with van der Waals surface area (Å²) >= 11 is 3.43. The zero-order valence-electron chi connectivity index (χ0n) is 10.7. The molecule has 1 aliphatic heterocycles. The molecule has 2 rings (SSSR count). The zero-order valence-corrected chi connectivity index (χ0v) is 12.3. The molecule has 2 unspecified atom stereocenters. The van der Waals surface area contributed by atoms with E-state index in [-0.39, 0.29) is 12.0 Å². The highest BCUT2D eigenvalue weighted by atomic mass is 79.9. The highest BCUT2D eigenvalue weighted by Crippen LogP contribution is 2.26. The van der Waals surface area contributed by atoms with E-state index in [0.717, 1.165) is 28.8 Å². The van der Waals surface area contributed by atoms with Gasteiger partial charge in [-0.2, -0.15) is 0 Å². The molecule has 1 aromatic rings. The van der Waals surface area contributed by atoms with Gasteiger partial charge in [0.1, 0.15) is 11.5 Å². The Balaban J connectivity index is 2.13. The molecule has 1 fully saturated rings. The first-order valence-corrected chi connectivity index (χ1v) is 6.99. The Kier molecular flexibility index (Phi) is 4.40. The molecule has 1 aliphatic rings. The summed E-state index contributed by atoms with van der Waals surface area (Å²) in [6.45, 7) is 3.01. The SMILES string of the molecule is COc1ccc(Br)cc1CC(=O)C1CCNC1C. The molecule has 0 aliphatic carbocycles. The number of benzene rings is 1. The van der Waals surface area contributed by atoms with Crippen molar-refractivity contribution in [3.05, 3.63) is 28.2 Å². The van der Waals surface area contributed by atoms with Crippen molar-refractivity contribution in [1.82, 2.24) is 5.32 Å². The lowest BCUT2D eigenvalue weighted by Crippen LogP contribution is -2.29. The molecule has 1 saturated heterocycles. The smallest absolute Gasteiger partial charge is 0.142 e. The second-order valence-electron chi connectivity index (χ2n) is 4.74. The van der Waals surface area contributed by atoms with Gasteiger partial charge < -0.3 is 10.1 Å². The number of Topliss-reactive ketones (excluding diaryl/α,β-unsaturated/α-hetero) is 1. The van der Waals surface area contributed by atoms with Crippen LogP contribution in [-0.2, 0) is 11.2 Å². The van der Waals surface area contributed by atoms with Crippen LogP contribution in [0.2, 0.25) is 0 Å². The largest absolute Gasteiger partial charge is 0.496 e. The quantitative estimate of drug-likeness (QED) is 0.928. The normalized spacial score (nSPS) is 23.1. The summed E-state index contributed by atoms with van der Waals surface area (Å²) in [7, 11) is 1.64. The van der Waals surface area contributed by atoms with Crippen LogP contribution >= 0.6 is 15.9 Å². The predicted molar refractivity (Wildman–Crippen MR) is 75.0 cm³/mol. The van der Waals surface area contributed by atoms with Crippen LogP contribution in [-0.4, -0.2) is 25.5 Å². The fourth-order valence-corrected chi connectivity index (χ4v) is 2.91. The highest BCUT2D eigenvalue weighted by molar-refractivity contribution is 9.10. The van der Waals surface area contributed by atoms with Gasteiger partial charge in [0.2, 0.25) is 0 Å². The van der Waals surface area contributed by atoms with E-state index in [4.69, 9.17) is 4.74 Å². The Morgan fingerprint density at radius 2 is 2.33 bits per heavy atom. The maximum atomic E-state index is 12.3. The van der Waals surface area contributed by atoms with Crippen LogP contribution in [0.1, 0.15) is 18.9 Å². The van der Waals surface area contributed by atoms with Crippen molar-refractivity contribution in [2.24, 2.45) is 5.92 Å². The second-order valence-corrected chi connectivity index (χ2v) is 5.65. The summed E-state index contributed by atoms with van der Waals surface area (Å²) < 4.78 is 6.28. The number of rotatable bonds is 4. The third-order valence-corrected chi connectivity index (χ3v) is 4.04. The predicted octanol–water partition coefficient (Wildman–Crippen LogP) is 2.57. The van der Waals surface area contributed by atoms with Crippen molar-refractivity contribution in [2.45, 2.75) is 25.8 Å². The molecule has 0 radical (unpaired) electrons. The molecule has 0 bridgehead atoms. The molecule has 18 heavy (non-hydrogen) atoms. The average molecular weight is 312 g/mol. The average Bonchev–Trinajstić information content (AvgIpc) is 2.76. The van der Waals surface area contributed by atoms with Crippen LogP contribution in [0.15, 0.2) is 22.7 Å². The molecule has 1 aromatic carbocycles. The van der Waals surface area contributed by atoms with Crippen LogP contribution in [0.4, 0.5) is 0 Å². The molecule has 98 valence electrons. The van der Waals surface area contributed by atoms with Crippen molar-refractivity contribution < 1.29 is 9.53 Å². The van der Waals surface area contributed by atoms with E-state index in [1.807, 2.05) is 18.2 Å². The number of ketones is 1. The number of halogens is 1. The summed E-state index contributed by atoms with van der Waals surface area (Å²) in [5.41, 5.74) is 0.955. The number of nitrogens with one attached hydrogen (secondary N) is 1. The standard InChI is InChI=1S/C14H18BrNO2/c1-9-12(5-6-16-9)13(17)8-10-7-11(15)3-4-14(10)18-2/h3-4,7,9,12,16H,5-6,8H2,1-2H3. The first-order chi connectivity index (χ1) is 8.61. The van der Waals surface area contributed by atoms with Crippen LogP contribution in [0.25, 0.3) is 0 Å². The first-order valence-electron chi connectivity index (χ1n) is 6.20. The van der Waals surface area contributed by atoms with Gasteiger partial charge in [0.05, 0.1) is 7.11 Å². The maximum absolute atomic E-state index is 12.3. The van der Waals surface area contributed by atoms with Gasteiger partial charge in [0, 0.05) is 28.4 Å². The molecule has 2 atom stereocenters. The number of methoxy groups -OCH3 is 1. The van der Waals surface area contributed by atoms with Crippen LogP contribution in [0, 0.1) is 5.92 Å². The molecule has 0 spiro atoms. The van der Waals surface area contributed by atoms with Gasteiger partial charge in [0.25, 0.3) is 0 Å². The van der Waals surface area contributed by atoms with Gasteiger partial charge in [-0.05, 0) is 38.1 Å². The topological polar surface area (TPSA) is 38.3 Å². The van der Waals surface area contributed by atoms with Crippen LogP contribution < -0.4 is 10.1 Å². The second kappa shape index (κ2) is 5.85. The number of carbonyl (C=O) groups excluding carboxylic acids is 1. The fourth-order valence-electron chi connectivity index (χ4n) is 2.50. The van der Waals surface area contributed by atoms with Gasteiger partial charge in [-0.3, -0.25) is 4.79 Å². The van der Waals surface area contributed by atoms with E-state index in [1.54, 1.807) is 7.11 Å². The Morgan fingerprint density at radius 1 is 1.56 bits per heavy atom. The lowest BCUT2D eigenvalue weighted by atomic mass is 9.92. The van der Waals surface area contributed by atoms with E-state index in [2.05, 4.69) is 28.2 Å². The summed E-state index contributed by atoms with van der Waals surface area (Å²) in [6, 6.07) is 6.06. The Labute approximate surface area is 116 Å². The monoisotopic (exact) mass is 311 g/mol. The van der Waals surface area contributed by atoms with Gasteiger partial charge >= 0.3 is 0 Å². The van der Waals surface area contributed by atoms with Crippen molar-refractivity contribution in [3.63, 3.8) is 0 Å². The minimum atomic E-state index is 0.133. The number of hydrogen-bond acceptors (Lipinski definition) is 3. The third-order valence-electron chi connectivity index (χ3n) is 3.55. The van der Waals surface area contributed by atoms with E-state index >= 15 is 0 Å². The van der Waals surface area contributed by atoms with Gasteiger partial charge in [-0.1, -0.05) is 15.9 Å². The number of carbonyl (C=O) groups is 1. The molecule has 0 saturated carbocycles. The Morgan fingerprint density at radius 3 is 2.94 bits per heavy atom. The minimum Gasteiger partial charge on any atom is -0.496 e. The van der Waals surface area contributed by atoms with Crippen molar-refractivity contribution in [2.75, 3.05) is 13.7 Å². The van der Waals surface area contributed by atoms with E-state index < -0.39 is 0 Å². The van der Waals surface area contributed by atoms with Gasteiger partial charge in [0.15, 0.2) is 0 Å². The first kappa shape index (κ1) is 13.6. The van der Waals surface area contributed by atoms with E-state index in [9.17, 15) is 4.79 Å². The molecule has 1 heterocycles. The lowest BCUT2D eigenvalue weighted by molar-refractivity contribution is -0.122. The molecule has 3 nitrogen and oxygen atoms in total. The minimum absolute atomic E-state index is 0.133. The van der Waals surface area contributed by atoms with Gasteiger partial charge in [-0.15, -0.1) is 0 Å². The zero-order chi connectivity index (χ0) is 13.1. The Hall–Kier alpha value is -0.870. The van der Waals surface area contributed by atoms with Crippen LogP contribution in [0.3, 0.4) is 0 Å². The molecular weight excluding hydrogens is 294 g/mol. The van der Waals surface area contributed by atoms with Crippen LogP contribution in [0.5, 0.6) is 5.75 Å². The molecule has 0 aromatic heterocycles. The summed E-state index contributed by atoms with van der Waals surface area (Å²) in [5.74, 6) is 1.21. The van der Waals surface area contributed by atoms with E-state index in [1.165, 1.54) is 0 Å². The third kappa shape index (κ3) is 2.93. The number of hydrogen-bond donors (Lipinski definition) is 1. The molecular formula is C14H18BrNO2. The molecule has 1 N–H and O–H groups in total. The van der Waals surface area contributed by atoms with Crippen molar-refractivity contribution in [1.29, 1.82) is 0 Å². The summed E-state index contributed by atoms with van der Waals surface area (Å²) in [4.78, 5) is 12.3. The summed E-state index contributed by atoms with van der Waals surface area (Å²) in [5, 5.41) is 3.31. The van der Waals surface area contributed by atoms with Crippen molar-refractivity contribution >= 4 is 21.7 Å². The fraction of sp³-hybridized carbons (Fsp3) is 0.500. The maximum Gasteiger partial charge on any atom is 0.142 e. The lowest BCUT2D eigenvalue weighted by Gasteiger charge is -2.15.